The summed E-state index contributed by atoms with van der Waals surface area (Å²) < 4.78 is 49.8. The number of aryl methyl sites for hydroxylation is 2. The molecule has 1 aromatic heterocycles. The third-order valence-electron chi connectivity index (χ3n) is 4.31. The summed E-state index contributed by atoms with van der Waals surface area (Å²) in [4.78, 5) is 0.123. The first kappa shape index (κ1) is 20.5. The fourth-order valence-corrected chi connectivity index (χ4v) is 4.20. The van der Waals surface area contributed by atoms with E-state index in [-0.39, 0.29) is 10.6 Å². The van der Waals surface area contributed by atoms with Crippen molar-refractivity contribution in [3.05, 3.63) is 47.7 Å². The summed E-state index contributed by atoms with van der Waals surface area (Å²) >= 11 is 0. The van der Waals surface area contributed by atoms with E-state index in [9.17, 15) is 8.42 Å². The van der Waals surface area contributed by atoms with Crippen molar-refractivity contribution in [1.82, 2.24) is 5.16 Å². The lowest BCUT2D eigenvalue weighted by molar-refractivity contribution is 0.325. The number of anilines is 1. The van der Waals surface area contributed by atoms with Gasteiger partial charge in [-0.2, -0.15) is 0 Å². The number of ether oxygens (including phenoxy) is 3. The fourth-order valence-electron chi connectivity index (χ4n) is 2.89. The molecule has 0 saturated carbocycles. The normalized spacial score (nSPS) is 11.2. The number of aromatic nitrogens is 1. The Morgan fingerprint density at radius 1 is 0.931 bits per heavy atom. The predicted octanol–water partition coefficient (Wildman–Crippen LogP) is 3.79. The maximum atomic E-state index is 13.1. The summed E-state index contributed by atoms with van der Waals surface area (Å²) in [5, 5.41) is 3.85. The van der Waals surface area contributed by atoms with Crippen LogP contribution in [0.15, 0.2) is 45.8 Å². The summed E-state index contributed by atoms with van der Waals surface area (Å²) in [5.41, 5.74) is 2.19. The van der Waals surface area contributed by atoms with Crippen LogP contribution < -0.4 is 18.9 Å². The van der Waals surface area contributed by atoms with Gasteiger partial charge in [0.1, 0.15) is 0 Å². The first-order valence-corrected chi connectivity index (χ1v) is 10.1. The van der Waals surface area contributed by atoms with Gasteiger partial charge in [0.25, 0.3) is 10.0 Å². The monoisotopic (exact) mass is 418 g/mol. The molecule has 0 unspecified atom stereocenters. The van der Waals surface area contributed by atoms with E-state index in [1.54, 1.807) is 38.1 Å². The van der Waals surface area contributed by atoms with Gasteiger partial charge in [-0.15, -0.1) is 0 Å². The van der Waals surface area contributed by atoms with Gasteiger partial charge in [-0.1, -0.05) is 17.3 Å². The van der Waals surface area contributed by atoms with Gasteiger partial charge in [0.2, 0.25) is 5.75 Å². The van der Waals surface area contributed by atoms with Crippen LogP contribution in [0.4, 0.5) is 5.69 Å². The molecule has 0 saturated heterocycles. The molecule has 29 heavy (non-hydrogen) atoms. The first-order valence-electron chi connectivity index (χ1n) is 8.66. The standard InChI is InChI=1S/C20H22N2O6S/c1-12-6-7-14(16-8-13(2)21-28-16)9-19(12)29(23,24)22-15-10-17(25-3)20(27-5)18(11-15)26-4/h6-11,22H,1-5H3. The molecule has 154 valence electrons. The Hall–Kier alpha value is -3.20. The van der Waals surface area contributed by atoms with Gasteiger partial charge < -0.3 is 18.7 Å². The first-order chi connectivity index (χ1) is 13.8. The molecule has 0 fully saturated rings. The zero-order valence-corrected chi connectivity index (χ0v) is 17.6. The van der Waals surface area contributed by atoms with Gasteiger partial charge in [-0.05, 0) is 25.5 Å². The molecule has 3 rings (SSSR count). The molecule has 0 amide bonds. The van der Waals surface area contributed by atoms with Crippen LogP contribution in [-0.2, 0) is 10.0 Å². The van der Waals surface area contributed by atoms with E-state index in [0.717, 1.165) is 0 Å². The topological polar surface area (TPSA) is 99.9 Å². The number of sulfonamides is 1. The summed E-state index contributed by atoms with van der Waals surface area (Å²) in [5.74, 6) is 1.54. The van der Waals surface area contributed by atoms with Crippen LogP contribution in [0.1, 0.15) is 11.3 Å². The highest BCUT2D eigenvalue weighted by atomic mass is 32.2. The van der Waals surface area contributed by atoms with Crippen molar-refractivity contribution in [1.29, 1.82) is 0 Å². The molecule has 0 radical (unpaired) electrons. The van der Waals surface area contributed by atoms with E-state index in [1.807, 2.05) is 0 Å². The van der Waals surface area contributed by atoms with Crippen molar-refractivity contribution in [2.75, 3.05) is 26.1 Å². The third-order valence-corrected chi connectivity index (χ3v) is 5.83. The second-order valence-electron chi connectivity index (χ2n) is 6.33. The molecule has 0 bridgehead atoms. The molecule has 0 spiro atoms. The smallest absolute Gasteiger partial charge is 0.262 e. The van der Waals surface area contributed by atoms with E-state index in [1.165, 1.54) is 33.5 Å². The number of hydrogen-bond acceptors (Lipinski definition) is 7. The summed E-state index contributed by atoms with van der Waals surface area (Å²) in [6, 6.07) is 9.85. The Kier molecular flexibility index (Phi) is 5.69. The number of benzene rings is 2. The van der Waals surface area contributed by atoms with Crippen LogP contribution in [0.5, 0.6) is 17.2 Å². The SMILES string of the molecule is COc1cc(NS(=O)(=O)c2cc(-c3cc(C)no3)ccc2C)cc(OC)c1OC. The van der Waals surface area contributed by atoms with Gasteiger partial charge in [0.15, 0.2) is 17.3 Å². The molecule has 1 heterocycles. The predicted molar refractivity (Wildman–Crippen MR) is 108 cm³/mol. The average Bonchev–Trinajstić information content (AvgIpc) is 3.13. The van der Waals surface area contributed by atoms with Crippen molar-refractivity contribution in [2.45, 2.75) is 18.7 Å². The van der Waals surface area contributed by atoms with Gasteiger partial charge in [-0.3, -0.25) is 4.72 Å². The molecule has 0 aliphatic rings. The Morgan fingerprint density at radius 2 is 1.59 bits per heavy atom. The zero-order valence-electron chi connectivity index (χ0n) is 16.8. The van der Waals surface area contributed by atoms with Gasteiger partial charge in [0, 0.05) is 23.8 Å². The highest BCUT2D eigenvalue weighted by Gasteiger charge is 2.21. The van der Waals surface area contributed by atoms with Crippen molar-refractivity contribution in [3.63, 3.8) is 0 Å². The average molecular weight is 418 g/mol. The van der Waals surface area contributed by atoms with E-state index < -0.39 is 10.0 Å². The van der Waals surface area contributed by atoms with Crippen molar-refractivity contribution in [3.8, 4) is 28.6 Å². The molecule has 9 heteroatoms. The molecular weight excluding hydrogens is 396 g/mol. The Balaban J connectivity index is 2.02. The van der Waals surface area contributed by atoms with Crippen LogP contribution in [-0.4, -0.2) is 34.9 Å². The zero-order chi connectivity index (χ0) is 21.2. The molecule has 0 aliphatic carbocycles. The van der Waals surface area contributed by atoms with Crippen LogP contribution in [0.3, 0.4) is 0 Å². The molecule has 3 aromatic rings. The number of nitrogens with one attached hydrogen (secondary N) is 1. The number of methoxy groups -OCH3 is 3. The Morgan fingerprint density at radius 3 is 2.10 bits per heavy atom. The minimum Gasteiger partial charge on any atom is -0.493 e. The minimum atomic E-state index is -3.90. The van der Waals surface area contributed by atoms with Crippen LogP contribution in [0, 0.1) is 13.8 Å². The molecule has 8 nitrogen and oxygen atoms in total. The number of hydrogen-bond donors (Lipinski definition) is 1. The van der Waals surface area contributed by atoms with Crippen molar-refractivity contribution < 1.29 is 27.2 Å². The maximum Gasteiger partial charge on any atom is 0.262 e. The fraction of sp³-hybridized carbons (Fsp3) is 0.250. The lowest BCUT2D eigenvalue weighted by Crippen LogP contribution is -2.14. The number of nitrogens with zero attached hydrogens (tertiary/aromatic N) is 1. The lowest BCUT2D eigenvalue weighted by atomic mass is 10.1. The minimum absolute atomic E-state index is 0.123. The van der Waals surface area contributed by atoms with Crippen molar-refractivity contribution in [2.24, 2.45) is 0 Å². The highest BCUT2D eigenvalue weighted by Crippen LogP contribution is 2.40. The van der Waals surface area contributed by atoms with E-state index in [0.29, 0.717) is 39.8 Å². The van der Waals surface area contributed by atoms with Gasteiger partial charge in [-0.25, -0.2) is 8.42 Å². The van der Waals surface area contributed by atoms with E-state index in [2.05, 4.69) is 9.88 Å². The van der Waals surface area contributed by atoms with Gasteiger partial charge in [0.05, 0.1) is 37.6 Å². The molecule has 1 N–H and O–H groups in total. The second kappa shape index (κ2) is 8.04. The summed E-state index contributed by atoms with van der Waals surface area (Å²) in [7, 11) is 0.497. The summed E-state index contributed by atoms with van der Waals surface area (Å²) in [6.07, 6.45) is 0. The Labute approximate surface area is 169 Å². The number of rotatable bonds is 7. The molecule has 2 aromatic carbocycles. The van der Waals surface area contributed by atoms with Crippen LogP contribution in [0.25, 0.3) is 11.3 Å². The largest absolute Gasteiger partial charge is 0.493 e. The lowest BCUT2D eigenvalue weighted by Gasteiger charge is -2.16. The van der Waals surface area contributed by atoms with E-state index >= 15 is 0 Å². The van der Waals surface area contributed by atoms with Crippen molar-refractivity contribution >= 4 is 15.7 Å². The third kappa shape index (κ3) is 4.14. The second-order valence-corrected chi connectivity index (χ2v) is 7.98. The quantitative estimate of drug-likeness (QED) is 0.623. The summed E-state index contributed by atoms with van der Waals surface area (Å²) in [6.45, 7) is 3.52. The molecule has 0 aliphatic heterocycles. The molecular formula is C20H22N2O6S. The maximum absolute atomic E-state index is 13.1. The highest BCUT2D eigenvalue weighted by molar-refractivity contribution is 7.92. The molecule has 0 atom stereocenters. The van der Waals surface area contributed by atoms with Crippen LogP contribution >= 0.6 is 0 Å². The van der Waals surface area contributed by atoms with E-state index in [4.69, 9.17) is 18.7 Å². The Bertz CT molecular complexity index is 1110. The van der Waals surface area contributed by atoms with Gasteiger partial charge >= 0.3 is 0 Å². The van der Waals surface area contributed by atoms with Crippen LogP contribution in [0.2, 0.25) is 0 Å².